The highest BCUT2D eigenvalue weighted by molar-refractivity contribution is 5.97. The third-order valence-corrected chi connectivity index (χ3v) is 4.05. The summed E-state index contributed by atoms with van der Waals surface area (Å²) >= 11 is 0. The molecule has 1 saturated heterocycles. The predicted octanol–water partition coefficient (Wildman–Crippen LogP) is 0.998. The fourth-order valence-corrected chi connectivity index (χ4v) is 2.72. The van der Waals surface area contributed by atoms with Gasteiger partial charge in [0, 0.05) is 38.3 Å². The number of aromatic nitrogens is 1. The van der Waals surface area contributed by atoms with E-state index in [0.717, 1.165) is 6.42 Å². The van der Waals surface area contributed by atoms with E-state index in [9.17, 15) is 14.4 Å². The van der Waals surface area contributed by atoms with Gasteiger partial charge < -0.3 is 19.5 Å². The van der Waals surface area contributed by atoms with Crippen LogP contribution in [-0.2, 0) is 0 Å². The average molecular weight is 332 g/mol. The second-order valence-electron chi connectivity index (χ2n) is 5.74. The molecule has 0 spiro atoms. The summed E-state index contributed by atoms with van der Waals surface area (Å²) in [4.78, 5) is 41.6. The monoisotopic (exact) mass is 332 g/mol. The molecule has 1 aliphatic heterocycles. The number of aromatic amines is 1. The fraction of sp³-hybridized carbons (Fsp3) is 0.438. The molecule has 8 nitrogen and oxygen atoms in total. The molecule has 0 atom stereocenters. The van der Waals surface area contributed by atoms with E-state index in [2.05, 4.69) is 10.3 Å². The average Bonchev–Trinajstić information content (AvgIpc) is 2.98. The molecule has 24 heavy (non-hydrogen) atoms. The number of nitrogens with zero attached hydrogens (tertiary/aromatic N) is 2. The van der Waals surface area contributed by atoms with Crippen LogP contribution >= 0.6 is 0 Å². The Morgan fingerprint density at radius 2 is 1.92 bits per heavy atom. The molecule has 1 aromatic heterocycles. The van der Waals surface area contributed by atoms with Gasteiger partial charge in [-0.3, -0.25) is 9.78 Å². The van der Waals surface area contributed by atoms with Crippen molar-refractivity contribution in [3.05, 3.63) is 34.3 Å². The van der Waals surface area contributed by atoms with E-state index in [0.29, 0.717) is 49.4 Å². The number of rotatable bonds is 3. The van der Waals surface area contributed by atoms with Crippen molar-refractivity contribution in [2.24, 2.45) is 0 Å². The Bertz CT molecular complexity index is 802. The Labute approximate surface area is 138 Å². The van der Waals surface area contributed by atoms with Gasteiger partial charge in [-0.2, -0.15) is 0 Å². The van der Waals surface area contributed by atoms with Crippen molar-refractivity contribution in [1.82, 2.24) is 20.1 Å². The highest BCUT2D eigenvalue weighted by Crippen LogP contribution is 2.15. The lowest BCUT2D eigenvalue weighted by Gasteiger charge is -2.34. The number of hydrogen-bond donors (Lipinski definition) is 2. The van der Waals surface area contributed by atoms with Crippen LogP contribution in [0, 0.1) is 0 Å². The molecule has 1 fully saturated rings. The Morgan fingerprint density at radius 1 is 1.21 bits per heavy atom. The predicted molar refractivity (Wildman–Crippen MR) is 88.0 cm³/mol. The van der Waals surface area contributed by atoms with Crippen LogP contribution in [0.4, 0.5) is 4.79 Å². The highest BCUT2D eigenvalue weighted by atomic mass is 16.4. The molecular formula is C16H20N4O4. The number of H-pyrrole nitrogens is 1. The normalized spacial score (nSPS) is 14.9. The minimum absolute atomic E-state index is 0.0838. The van der Waals surface area contributed by atoms with Crippen molar-refractivity contribution in [2.45, 2.75) is 13.3 Å². The summed E-state index contributed by atoms with van der Waals surface area (Å²) in [7, 11) is 0. The van der Waals surface area contributed by atoms with Gasteiger partial charge in [0.05, 0.1) is 5.52 Å². The topological polar surface area (TPSA) is 98.6 Å². The number of nitrogens with one attached hydrogen (secondary N) is 2. The standard InChI is InChI=1S/C16H20N4O4/c1-2-5-17-15(22)20-8-6-19(7-9-20)14(21)11-3-4-12-13(10-11)24-16(23)18-12/h3-4,10H,2,5-9H2,1H3,(H,17,22)(H,18,23). The quantitative estimate of drug-likeness (QED) is 0.876. The number of piperazine rings is 1. The van der Waals surface area contributed by atoms with Crippen LogP contribution in [0.1, 0.15) is 23.7 Å². The molecule has 0 aliphatic carbocycles. The Morgan fingerprint density at radius 3 is 2.62 bits per heavy atom. The summed E-state index contributed by atoms with van der Waals surface area (Å²) in [5.74, 6) is -0.671. The molecule has 3 amide bonds. The zero-order valence-corrected chi connectivity index (χ0v) is 13.5. The van der Waals surface area contributed by atoms with Crippen LogP contribution in [0.25, 0.3) is 11.1 Å². The second kappa shape index (κ2) is 6.77. The number of oxazole rings is 1. The van der Waals surface area contributed by atoms with Crippen LogP contribution in [-0.4, -0.2) is 59.4 Å². The number of benzene rings is 1. The second-order valence-corrected chi connectivity index (χ2v) is 5.74. The zero-order chi connectivity index (χ0) is 17.1. The number of urea groups is 1. The lowest BCUT2D eigenvalue weighted by molar-refractivity contribution is 0.0665. The summed E-state index contributed by atoms with van der Waals surface area (Å²) in [6.07, 6.45) is 0.891. The van der Waals surface area contributed by atoms with Crippen LogP contribution in [0.5, 0.6) is 0 Å². The van der Waals surface area contributed by atoms with Crippen molar-refractivity contribution in [2.75, 3.05) is 32.7 Å². The molecule has 1 aliphatic rings. The molecule has 8 heteroatoms. The minimum Gasteiger partial charge on any atom is -0.408 e. The molecule has 0 bridgehead atoms. The van der Waals surface area contributed by atoms with E-state index in [1.165, 1.54) is 0 Å². The summed E-state index contributed by atoms with van der Waals surface area (Å²) in [5, 5.41) is 2.84. The molecule has 2 N–H and O–H groups in total. The van der Waals surface area contributed by atoms with E-state index in [-0.39, 0.29) is 11.9 Å². The number of carbonyl (C=O) groups excluding carboxylic acids is 2. The van der Waals surface area contributed by atoms with E-state index < -0.39 is 5.76 Å². The SMILES string of the molecule is CCCNC(=O)N1CCN(C(=O)c2ccc3[nH]c(=O)oc3c2)CC1. The van der Waals surface area contributed by atoms with Gasteiger partial charge in [-0.05, 0) is 24.6 Å². The summed E-state index contributed by atoms with van der Waals surface area (Å²) in [6.45, 7) is 4.62. The number of fused-ring (bicyclic) bond motifs is 1. The Hall–Kier alpha value is -2.77. The van der Waals surface area contributed by atoms with Gasteiger partial charge in [0.1, 0.15) is 0 Å². The fourth-order valence-electron chi connectivity index (χ4n) is 2.72. The first kappa shape index (κ1) is 16.1. The van der Waals surface area contributed by atoms with Gasteiger partial charge in [0.2, 0.25) is 0 Å². The summed E-state index contributed by atoms with van der Waals surface area (Å²) in [5.41, 5.74) is 1.39. The number of hydrogen-bond acceptors (Lipinski definition) is 4. The van der Waals surface area contributed by atoms with Gasteiger partial charge in [-0.15, -0.1) is 0 Å². The number of amides is 3. The first-order valence-electron chi connectivity index (χ1n) is 8.03. The van der Waals surface area contributed by atoms with E-state index in [1.54, 1.807) is 28.0 Å². The van der Waals surface area contributed by atoms with Gasteiger partial charge in [0.25, 0.3) is 5.91 Å². The van der Waals surface area contributed by atoms with Crippen molar-refractivity contribution in [3.8, 4) is 0 Å². The summed E-state index contributed by atoms with van der Waals surface area (Å²) < 4.78 is 4.99. The van der Waals surface area contributed by atoms with E-state index in [4.69, 9.17) is 4.42 Å². The third-order valence-electron chi connectivity index (χ3n) is 4.05. The maximum atomic E-state index is 12.6. The molecule has 1 aromatic carbocycles. The van der Waals surface area contributed by atoms with Gasteiger partial charge in [-0.1, -0.05) is 6.92 Å². The molecule has 0 unspecified atom stereocenters. The van der Waals surface area contributed by atoms with Crippen molar-refractivity contribution in [1.29, 1.82) is 0 Å². The zero-order valence-electron chi connectivity index (χ0n) is 13.5. The molecule has 0 radical (unpaired) electrons. The van der Waals surface area contributed by atoms with Crippen molar-refractivity contribution >= 4 is 23.0 Å². The van der Waals surface area contributed by atoms with Gasteiger partial charge >= 0.3 is 11.8 Å². The third kappa shape index (κ3) is 3.27. The molecular weight excluding hydrogens is 312 g/mol. The maximum absolute atomic E-state index is 12.6. The Balaban J connectivity index is 1.63. The van der Waals surface area contributed by atoms with Crippen molar-refractivity contribution in [3.63, 3.8) is 0 Å². The van der Waals surface area contributed by atoms with Crippen LogP contribution in [0.15, 0.2) is 27.4 Å². The number of carbonyl (C=O) groups is 2. The molecule has 128 valence electrons. The highest BCUT2D eigenvalue weighted by Gasteiger charge is 2.25. The summed E-state index contributed by atoms with van der Waals surface area (Å²) in [6, 6.07) is 4.80. The lowest BCUT2D eigenvalue weighted by atomic mass is 10.1. The van der Waals surface area contributed by atoms with E-state index in [1.807, 2.05) is 6.92 Å². The minimum atomic E-state index is -0.540. The smallest absolute Gasteiger partial charge is 0.408 e. The molecule has 3 rings (SSSR count). The lowest BCUT2D eigenvalue weighted by Crippen LogP contribution is -2.53. The van der Waals surface area contributed by atoms with E-state index >= 15 is 0 Å². The van der Waals surface area contributed by atoms with Crippen LogP contribution in [0.2, 0.25) is 0 Å². The van der Waals surface area contributed by atoms with Crippen LogP contribution in [0.3, 0.4) is 0 Å². The largest absolute Gasteiger partial charge is 0.417 e. The molecule has 2 heterocycles. The molecule has 0 saturated carbocycles. The first-order valence-corrected chi connectivity index (χ1v) is 8.03. The van der Waals surface area contributed by atoms with Gasteiger partial charge in [0.15, 0.2) is 5.58 Å². The van der Waals surface area contributed by atoms with Crippen molar-refractivity contribution < 1.29 is 14.0 Å². The Kier molecular flexibility index (Phi) is 4.54. The maximum Gasteiger partial charge on any atom is 0.417 e. The van der Waals surface area contributed by atoms with Crippen LogP contribution < -0.4 is 11.1 Å². The van der Waals surface area contributed by atoms with Gasteiger partial charge in [-0.25, -0.2) is 9.59 Å². The molecule has 2 aromatic rings. The first-order chi connectivity index (χ1) is 11.6.